The number of nitrogens with one attached hydrogen (secondary N) is 1. The Labute approximate surface area is 161 Å². The normalized spacial score (nSPS) is 21.1. The van der Waals surface area contributed by atoms with E-state index < -0.39 is 17.3 Å². The largest absolute Gasteiger partial charge is 0.470 e. The zero-order chi connectivity index (χ0) is 20.0. The van der Waals surface area contributed by atoms with Gasteiger partial charge in [-0.15, -0.1) is 0 Å². The van der Waals surface area contributed by atoms with Crippen LogP contribution >= 0.6 is 0 Å². The molecule has 1 saturated carbocycles. The first-order chi connectivity index (χ1) is 12.3. The summed E-state index contributed by atoms with van der Waals surface area (Å²) in [7, 11) is 0. The average molecular weight is 374 g/mol. The van der Waals surface area contributed by atoms with Gasteiger partial charge in [0.15, 0.2) is 0 Å². The molecule has 0 radical (unpaired) electrons. The van der Waals surface area contributed by atoms with E-state index in [0.29, 0.717) is 25.1 Å². The lowest BCUT2D eigenvalue weighted by Gasteiger charge is -2.46. The summed E-state index contributed by atoms with van der Waals surface area (Å²) in [6, 6.07) is 1.77. The van der Waals surface area contributed by atoms with E-state index in [1.165, 1.54) is 0 Å². The fourth-order valence-electron chi connectivity index (χ4n) is 3.75. The SMILES string of the molecule is CC(C)(C)Cc1cnc2c(c1)[C@@H](NC(=O)OC(C)(C)C)CC1(CC(=O)C1)O2. The van der Waals surface area contributed by atoms with E-state index in [9.17, 15) is 9.59 Å². The highest BCUT2D eigenvalue weighted by Crippen LogP contribution is 2.47. The van der Waals surface area contributed by atoms with E-state index in [-0.39, 0.29) is 17.2 Å². The fourth-order valence-corrected chi connectivity index (χ4v) is 3.75. The van der Waals surface area contributed by atoms with Gasteiger partial charge in [0.1, 0.15) is 17.0 Å². The fraction of sp³-hybridized carbons (Fsp3) is 0.667. The van der Waals surface area contributed by atoms with Gasteiger partial charge in [0.2, 0.25) is 5.88 Å². The number of Topliss-reactive ketones (excluding diaryl/α,β-unsaturated/α-hetero) is 1. The quantitative estimate of drug-likeness (QED) is 0.842. The minimum absolute atomic E-state index is 0.126. The van der Waals surface area contributed by atoms with Crippen molar-refractivity contribution in [3.05, 3.63) is 23.4 Å². The summed E-state index contributed by atoms with van der Waals surface area (Å²) in [6.45, 7) is 12.0. The van der Waals surface area contributed by atoms with Crippen molar-refractivity contribution < 1.29 is 19.1 Å². The number of carbonyl (C=O) groups excluding carboxylic acids is 2. The Morgan fingerprint density at radius 2 is 1.96 bits per heavy atom. The maximum absolute atomic E-state index is 12.4. The van der Waals surface area contributed by atoms with E-state index in [0.717, 1.165) is 17.5 Å². The van der Waals surface area contributed by atoms with Crippen molar-refractivity contribution in [2.75, 3.05) is 0 Å². The summed E-state index contributed by atoms with van der Waals surface area (Å²) < 4.78 is 11.5. The van der Waals surface area contributed by atoms with E-state index in [1.807, 2.05) is 27.0 Å². The number of carbonyl (C=O) groups is 2. The van der Waals surface area contributed by atoms with Gasteiger partial charge in [0.25, 0.3) is 0 Å². The van der Waals surface area contributed by atoms with Crippen molar-refractivity contribution in [1.29, 1.82) is 0 Å². The minimum Gasteiger partial charge on any atom is -0.470 e. The second-order valence-corrected chi connectivity index (χ2v) is 10.1. The molecule has 0 saturated heterocycles. The minimum atomic E-state index is -0.575. The Morgan fingerprint density at radius 3 is 2.52 bits per heavy atom. The zero-order valence-electron chi connectivity index (χ0n) is 17.1. The number of hydrogen-bond acceptors (Lipinski definition) is 5. The molecule has 1 amide bonds. The Bertz CT molecular complexity index is 750. The van der Waals surface area contributed by atoms with Crippen LogP contribution in [0.5, 0.6) is 5.88 Å². The lowest BCUT2D eigenvalue weighted by atomic mass is 9.72. The van der Waals surface area contributed by atoms with Gasteiger partial charge in [0, 0.05) is 31.0 Å². The summed E-state index contributed by atoms with van der Waals surface area (Å²) in [6.07, 6.45) is 3.51. The molecule has 0 bridgehead atoms. The van der Waals surface area contributed by atoms with Crippen molar-refractivity contribution in [3.63, 3.8) is 0 Å². The molecule has 1 aromatic heterocycles. The number of ketones is 1. The number of fused-ring (bicyclic) bond motifs is 1. The Balaban J connectivity index is 1.87. The third-order valence-corrected chi connectivity index (χ3v) is 4.66. The Hall–Kier alpha value is -2.11. The van der Waals surface area contributed by atoms with Crippen LogP contribution in [0.15, 0.2) is 12.3 Å². The molecule has 2 heterocycles. The summed E-state index contributed by atoms with van der Waals surface area (Å²) in [4.78, 5) is 28.5. The first-order valence-corrected chi connectivity index (χ1v) is 9.53. The highest BCUT2D eigenvalue weighted by molar-refractivity contribution is 5.87. The summed E-state index contributed by atoms with van der Waals surface area (Å²) in [5.74, 6) is 0.686. The Kier molecular flexibility index (Phi) is 4.73. The van der Waals surface area contributed by atoms with E-state index >= 15 is 0 Å². The second kappa shape index (κ2) is 6.50. The van der Waals surface area contributed by atoms with E-state index in [4.69, 9.17) is 9.47 Å². The van der Waals surface area contributed by atoms with Gasteiger partial charge < -0.3 is 14.8 Å². The Morgan fingerprint density at radius 1 is 1.30 bits per heavy atom. The molecule has 1 atom stereocenters. The number of alkyl carbamates (subject to hydrolysis) is 1. The van der Waals surface area contributed by atoms with Crippen molar-refractivity contribution in [3.8, 4) is 5.88 Å². The third kappa shape index (κ3) is 4.79. The molecular weight excluding hydrogens is 344 g/mol. The number of hydrogen-bond donors (Lipinski definition) is 1. The maximum atomic E-state index is 12.4. The van der Waals surface area contributed by atoms with Crippen molar-refractivity contribution in [2.45, 2.75) is 84.5 Å². The molecular formula is C21H30N2O4. The maximum Gasteiger partial charge on any atom is 0.408 e. The highest BCUT2D eigenvalue weighted by atomic mass is 16.6. The second-order valence-electron chi connectivity index (χ2n) is 10.1. The average Bonchev–Trinajstić information content (AvgIpc) is 2.42. The lowest BCUT2D eigenvalue weighted by Crippen LogP contribution is -2.54. The number of ether oxygens (including phenoxy) is 2. The van der Waals surface area contributed by atoms with Gasteiger partial charge >= 0.3 is 6.09 Å². The van der Waals surface area contributed by atoms with Gasteiger partial charge in [0.05, 0.1) is 6.04 Å². The molecule has 6 heteroatoms. The number of pyridine rings is 1. The van der Waals surface area contributed by atoms with Crippen LogP contribution in [-0.4, -0.2) is 28.1 Å². The van der Waals surface area contributed by atoms with E-state index in [1.54, 1.807) is 0 Å². The van der Waals surface area contributed by atoms with E-state index in [2.05, 4.69) is 37.1 Å². The van der Waals surface area contributed by atoms with Crippen molar-refractivity contribution in [2.24, 2.45) is 5.41 Å². The topological polar surface area (TPSA) is 77.5 Å². The number of rotatable bonds is 2. The van der Waals surface area contributed by atoms with Crippen LogP contribution in [0.3, 0.4) is 0 Å². The van der Waals surface area contributed by atoms with Gasteiger partial charge in [-0.1, -0.05) is 20.8 Å². The van der Waals surface area contributed by atoms with Gasteiger partial charge in [-0.3, -0.25) is 4.79 Å². The molecule has 27 heavy (non-hydrogen) atoms. The van der Waals surface area contributed by atoms with Crippen LogP contribution in [0.4, 0.5) is 4.79 Å². The molecule has 6 nitrogen and oxygen atoms in total. The number of amides is 1. The van der Waals surface area contributed by atoms with Gasteiger partial charge in [-0.2, -0.15) is 0 Å². The number of nitrogens with zero attached hydrogens (tertiary/aromatic N) is 1. The first-order valence-electron chi connectivity index (χ1n) is 9.53. The zero-order valence-corrected chi connectivity index (χ0v) is 17.1. The summed E-state index contributed by atoms with van der Waals surface area (Å²) >= 11 is 0. The summed E-state index contributed by atoms with van der Waals surface area (Å²) in [5, 5.41) is 2.97. The molecule has 0 aromatic carbocycles. The monoisotopic (exact) mass is 374 g/mol. The highest BCUT2D eigenvalue weighted by Gasteiger charge is 2.51. The van der Waals surface area contributed by atoms with Crippen molar-refractivity contribution in [1.82, 2.24) is 10.3 Å². The predicted octanol–water partition coefficient (Wildman–Crippen LogP) is 4.12. The number of aromatic nitrogens is 1. The van der Waals surface area contributed by atoms with Crippen LogP contribution in [0.25, 0.3) is 0 Å². The van der Waals surface area contributed by atoms with Crippen LogP contribution in [0, 0.1) is 5.41 Å². The third-order valence-electron chi connectivity index (χ3n) is 4.66. The molecule has 148 valence electrons. The van der Waals surface area contributed by atoms with Crippen LogP contribution in [0.1, 0.15) is 78.0 Å². The molecule has 1 N–H and O–H groups in total. The van der Waals surface area contributed by atoms with Gasteiger partial charge in [-0.05, 0) is 44.2 Å². The van der Waals surface area contributed by atoms with Crippen molar-refractivity contribution >= 4 is 11.9 Å². The molecule has 3 rings (SSSR count). The molecule has 1 aliphatic heterocycles. The van der Waals surface area contributed by atoms with Gasteiger partial charge in [-0.25, -0.2) is 9.78 Å². The predicted molar refractivity (Wildman–Crippen MR) is 102 cm³/mol. The molecule has 1 aliphatic carbocycles. The molecule has 1 aromatic rings. The molecule has 1 spiro atoms. The smallest absolute Gasteiger partial charge is 0.408 e. The first kappa shape index (κ1) is 19.6. The van der Waals surface area contributed by atoms with Crippen LogP contribution in [0.2, 0.25) is 0 Å². The molecule has 2 aliphatic rings. The molecule has 0 unspecified atom stereocenters. The van der Waals surface area contributed by atoms with Crippen LogP contribution < -0.4 is 10.1 Å². The summed E-state index contributed by atoms with van der Waals surface area (Å²) in [5.41, 5.74) is 0.951. The van der Waals surface area contributed by atoms with Crippen LogP contribution in [-0.2, 0) is 16.0 Å². The molecule has 1 fully saturated rings. The lowest BCUT2D eigenvalue weighted by molar-refractivity contribution is -0.142. The standard InChI is InChI=1S/C21H30N2O4/c1-19(2,3)8-13-7-15-16(23-18(25)27-20(4,5)6)11-21(9-14(24)10-21)26-17(15)22-12-13/h7,12,16H,8-11H2,1-6H3,(H,23,25)/t16-/m0/s1.